The van der Waals surface area contributed by atoms with Gasteiger partial charge in [-0.1, -0.05) is 17.2 Å². The second kappa shape index (κ2) is 12.5. The molecule has 1 aromatic heterocycles. The Labute approximate surface area is 262 Å². The number of amides is 1. The second-order valence-electron chi connectivity index (χ2n) is 11.7. The lowest BCUT2D eigenvalue weighted by atomic mass is 9.85. The molecule has 1 fully saturated rings. The Kier molecular flexibility index (Phi) is 9.11. The third kappa shape index (κ3) is 7.41. The fourth-order valence-electron chi connectivity index (χ4n) is 5.73. The Hall–Kier alpha value is -4.09. The number of tetrazole rings is 1. The number of ether oxygens (including phenoxy) is 1. The van der Waals surface area contributed by atoms with E-state index in [-0.39, 0.29) is 42.3 Å². The molecule has 3 aromatic rings. The zero-order valence-electron chi connectivity index (χ0n) is 25.0. The zero-order chi connectivity index (χ0) is 34.5. The van der Waals surface area contributed by atoms with Gasteiger partial charge in [-0.15, -0.1) is 5.10 Å². The van der Waals surface area contributed by atoms with Crippen LogP contribution in [-0.4, -0.2) is 51.2 Å². The largest absolute Gasteiger partial charge is 0.446 e. The minimum Gasteiger partial charge on any atom is -0.446 e. The molecule has 0 radical (unpaired) electrons. The van der Waals surface area contributed by atoms with Crippen molar-refractivity contribution in [3.05, 3.63) is 64.2 Å². The summed E-state index contributed by atoms with van der Waals surface area (Å²) in [7, 11) is 0. The number of anilines is 2. The van der Waals surface area contributed by atoms with Gasteiger partial charge in [-0.3, -0.25) is 4.90 Å². The summed E-state index contributed by atoms with van der Waals surface area (Å²) in [6.07, 6.45) is -16.9. The van der Waals surface area contributed by atoms with Crippen LogP contribution in [0.2, 0.25) is 0 Å². The molecule has 2 atom stereocenters. The van der Waals surface area contributed by atoms with Crippen LogP contribution in [0.4, 0.5) is 55.9 Å². The van der Waals surface area contributed by atoms with Gasteiger partial charge in [0, 0.05) is 25.1 Å². The van der Waals surface area contributed by atoms with Gasteiger partial charge in [0.2, 0.25) is 0 Å². The van der Waals surface area contributed by atoms with Gasteiger partial charge in [-0.25, -0.2) is 4.79 Å². The Morgan fingerprint density at radius 1 is 1.02 bits per heavy atom. The molecule has 47 heavy (non-hydrogen) atoms. The monoisotopic (exact) mass is 679 g/mol. The highest BCUT2D eigenvalue weighted by atomic mass is 19.4. The standard InChI is InChI=1S/C29H30F9N7O2/c1-15(2)47-26(46)45-21-5-3-4-20(17-6-7-17)24(21)22(13-23(45)29(36,37)38)43(25-40-42-44(41-25)9-8-39)14-16-10-18(27(30,31)32)12-19(11-16)28(33,34)35/h3-5,10-12,15,17,22-23H,6-9,13-14,39H2,1-2H3. The lowest BCUT2D eigenvalue weighted by Gasteiger charge is -2.45. The molecule has 1 amide bonds. The van der Waals surface area contributed by atoms with Gasteiger partial charge >= 0.3 is 24.6 Å². The second-order valence-corrected chi connectivity index (χ2v) is 11.7. The van der Waals surface area contributed by atoms with Crippen molar-refractivity contribution < 1.29 is 49.0 Å². The number of benzene rings is 2. The van der Waals surface area contributed by atoms with Crippen molar-refractivity contribution in [1.29, 1.82) is 0 Å². The molecule has 256 valence electrons. The summed E-state index contributed by atoms with van der Waals surface area (Å²) in [5, 5.41) is 11.9. The summed E-state index contributed by atoms with van der Waals surface area (Å²) in [6, 6.07) is 1.55. The van der Waals surface area contributed by atoms with E-state index in [4.69, 9.17) is 10.5 Å². The fraction of sp³-hybridized carbons (Fsp3) is 0.517. The molecule has 1 aliphatic heterocycles. The summed E-state index contributed by atoms with van der Waals surface area (Å²) in [5.41, 5.74) is 2.51. The van der Waals surface area contributed by atoms with Gasteiger partial charge in [0.25, 0.3) is 5.95 Å². The first-order valence-corrected chi connectivity index (χ1v) is 14.6. The first-order valence-electron chi connectivity index (χ1n) is 14.6. The molecule has 2 aliphatic rings. The Bertz CT molecular complexity index is 1570. The summed E-state index contributed by atoms with van der Waals surface area (Å²) in [5.74, 6) is -0.462. The van der Waals surface area contributed by atoms with E-state index < -0.39 is 72.5 Å². The third-order valence-electron chi connectivity index (χ3n) is 7.80. The quantitative estimate of drug-likeness (QED) is 0.257. The first-order chi connectivity index (χ1) is 21.9. The van der Waals surface area contributed by atoms with Crippen LogP contribution in [0, 0.1) is 0 Å². The number of aromatic nitrogens is 4. The maximum atomic E-state index is 14.8. The topological polar surface area (TPSA) is 102 Å². The molecule has 18 heteroatoms. The highest BCUT2D eigenvalue weighted by Gasteiger charge is 2.54. The average molecular weight is 680 g/mol. The number of rotatable bonds is 8. The number of carbonyl (C=O) groups excluding carboxylic acids is 1. The summed E-state index contributed by atoms with van der Waals surface area (Å²) < 4.78 is 132. The van der Waals surface area contributed by atoms with Gasteiger partial charge in [0.05, 0.1) is 35.5 Å². The molecule has 1 aliphatic carbocycles. The van der Waals surface area contributed by atoms with E-state index in [1.807, 2.05) is 0 Å². The third-order valence-corrected chi connectivity index (χ3v) is 7.80. The van der Waals surface area contributed by atoms with Crippen LogP contribution in [0.1, 0.15) is 72.9 Å². The van der Waals surface area contributed by atoms with Crippen LogP contribution in [0.5, 0.6) is 0 Å². The van der Waals surface area contributed by atoms with Crippen LogP contribution in [-0.2, 0) is 30.2 Å². The molecule has 5 rings (SSSR count). The van der Waals surface area contributed by atoms with E-state index in [0.29, 0.717) is 35.4 Å². The predicted molar refractivity (Wildman–Crippen MR) is 149 cm³/mol. The van der Waals surface area contributed by atoms with Gasteiger partial charge in [-0.2, -0.15) is 44.3 Å². The number of alkyl halides is 9. The summed E-state index contributed by atoms with van der Waals surface area (Å²) >= 11 is 0. The van der Waals surface area contributed by atoms with Crippen molar-refractivity contribution >= 4 is 17.7 Å². The molecule has 0 bridgehead atoms. The molecule has 1 saturated carbocycles. The van der Waals surface area contributed by atoms with Crippen LogP contribution in [0.25, 0.3) is 0 Å². The average Bonchev–Trinajstić information content (AvgIpc) is 3.71. The summed E-state index contributed by atoms with van der Waals surface area (Å²) in [6.45, 7) is 2.20. The van der Waals surface area contributed by atoms with Crippen molar-refractivity contribution in [2.45, 2.75) is 88.8 Å². The Morgan fingerprint density at radius 2 is 1.66 bits per heavy atom. The highest BCUT2D eigenvalue weighted by molar-refractivity contribution is 5.91. The smallest absolute Gasteiger partial charge is 0.416 e. The molecule has 2 aromatic carbocycles. The normalized spacial score (nSPS) is 18.8. The SMILES string of the molecule is CC(C)OC(=O)N1c2cccc(C3CC3)c2C(N(Cc2cc(C(F)(F)F)cc(C(F)(F)F)c2)c2nnn(CCN)n2)CC1C(F)(F)F. The first kappa shape index (κ1) is 34.3. The maximum Gasteiger partial charge on any atom is 0.416 e. The molecular weight excluding hydrogens is 649 g/mol. The maximum absolute atomic E-state index is 14.8. The van der Waals surface area contributed by atoms with Gasteiger partial charge in [0.1, 0.15) is 6.04 Å². The van der Waals surface area contributed by atoms with Crippen molar-refractivity contribution in [3.8, 4) is 0 Å². The number of nitrogens with zero attached hydrogens (tertiary/aromatic N) is 6. The van der Waals surface area contributed by atoms with Gasteiger partial charge in [0.15, 0.2) is 0 Å². The zero-order valence-corrected chi connectivity index (χ0v) is 25.0. The minimum absolute atomic E-state index is 0.0111. The predicted octanol–water partition coefficient (Wildman–Crippen LogP) is 6.98. The molecular formula is C29H30F9N7O2. The van der Waals surface area contributed by atoms with E-state index in [9.17, 15) is 44.3 Å². The van der Waals surface area contributed by atoms with Crippen LogP contribution < -0.4 is 15.5 Å². The van der Waals surface area contributed by atoms with E-state index >= 15 is 0 Å². The molecule has 2 N–H and O–H groups in total. The van der Waals surface area contributed by atoms with Crippen LogP contribution in [0.3, 0.4) is 0 Å². The Morgan fingerprint density at radius 3 is 2.19 bits per heavy atom. The van der Waals surface area contributed by atoms with E-state index in [2.05, 4.69) is 15.4 Å². The molecule has 0 spiro atoms. The number of halogens is 9. The fourth-order valence-corrected chi connectivity index (χ4v) is 5.73. The van der Waals surface area contributed by atoms with Crippen molar-refractivity contribution in [1.82, 2.24) is 20.2 Å². The molecule has 9 nitrogen and oxygen atoms in total. The molecule has 0 saturated heterocycles. The van der Waals surface area contributed by atoms with Crippen LogP contribution >= 0.6 is 0 Å². The van der Waals surface area contributed by atoms with E-state index in [1.165, 1.54) is 26.0 Å². The molecule has 2 heterocycles. The van der Waals surface area contributed by atoms with Crippen molar-refractivity contribution in [2.75, 3.05) is 16.3 Å². The van der Waals surface area contributed by atoms with Gasteiger partial charge in [-0.05, 0) is 73.2 Å². The van der Waals surface area contributed by atoms with Crippen molar-refractivity contribution in [3.63, 3.8) is 0 Å². The van der Waals surface area contributed by atoms with Gasteiger partial charge < -0.3 is 15.4 Å². The Balaban J connectivity index is 1.73. The lowest BCUT2D eigenvalue weighted by molar-refractivity contribution is -0.151. The number of hydrogen-bond donors (Lipinski definition) is 1. The van der Waals surface area contributed by atoms with Crippen molar-refractivity contribution in [2.24, 2.45) is 5.73 Å². The number of fused-ring (bicyclic) bond motifs is 1. The summed E-state index contributed by atoms with van der Waals surface area (Å²) in [4.78, 5) is 15.9. The highest BCUT2D eigenvalue weighted by Crippen LogP contribution is 2.53. The van der Waals surface area contributed by atoms with Crippen LogP contribution in [0.15, 0.2) is 36.4 Å². The number of hydrogen-bond acceptors (Lipinski definition) is 7. The van der Waals surface area contributed by atoms with E-state index in [0.717, 1.165) is 9.70 Å². The minimum atomic E-state index is -5.17. The van der Waals surface area contributed by atoms with E-state index in [1.54, 1.807) is 6.07 Å². The lowest BCUT2D eigenvalue weighted by Crippen LogP contribution is -2.55. The number of nitrogens with two attached hydrogens (primary N) is 1. The molecule has 2 unspecified atom stereocenters. The number of carbonyl (C=O) groups is 1.